The van der Waals surface area contributed by atoms with E-state index in [0.29, 0.717) is 12.0 Å². The summed E-state index contributed by atoms with van der Waals surface area (Å²) in [7, 11) is 1.78. The van der Waals surface area contributed by atoms with Crippen LogP contribution in [0.4, 0.5) is 0 Å². The van der Waals surface area contributed by atoms with Crippen LogP contribution in [0.2, 0.25) is 0 Å². The molecular formula is C22H30N2O. The molecule has 2 aliphatic heterocycles. The molecule has 1 N–H and O–H groups in total. The summed E-state index contributed by atoms with van der Waals surface area (Å²) in [4.78, 5) is 6.48. The molecule has 1 aromatic carbocycles. The number of hydrogen-bond acceptors (Lipinski definition) is 2. The minimum Gasteiger partial charge on any atom is -0.496 e. The van der Waals surface area contributed by atoms with Gasteiger partial charge < -0.3 is 9.72 Å². The number of methoxy groups -OCH3 is 1. The molecule has 0 amide bonds. The summed E-state index contributed by atoms with van der Waals surface area (Å²) in [5, 5.41) is 1.30. The molecule has 2 aromatic rings. The maximum Gasteiger partial charge on any atom is 0.128 e. The molecule has 3 heteroatoms. The first kappa shape index (κ1) is 16.7. The Morgan fingerprint density at radius 2 is 2.24 bits per heavy atom. The molecule has 25 heavy (non-hydrogen) atoms. The van der Waals surface area contributed by atoms with Gasteiger partial charge in [0.05, 0.1) is 13.2 Å². The van der Waals surface area contributed by atoms with E-state index in [0.717, 1.165) is 18.1 Å². The van der Waals surface area contributed by atoms with Crippen molar-refractivity contribution in [2.24, 2.45) is 11.8 Å². The summed E-state index contributed by atoms with van der Waals surface area (Å²) < 4.78 is 5.66. The van der Waals surface area contributed by atoms with Gasteiger partial charge in [0, 0.05) is 29.7 Å². The number of piperidine rings is 1. The fourth-order valence-corrected chi connectivity index (χ4v) is 5.14. The topological polar surface area (TPSA) is 28.3 Å². The molecule has 3 nitrogen and oxygen atoms in total. The van der Waals surface area contributed by atoms with Gasteiger partial charge in [0.1, 0.15) is 5.75 Å². The van der Waals surface area contributed by atoms with E-state index in [-0.39, 0.29) is 0 Å². The van der Waals surface area contributed by atoms with E-state index in [1.54, 1.807) is 12.7 Å². The summed E-state index contributed by atoms with van der Waals surface area (Å²) in [5.74, 6) is 2.50. The molecule has 2 aliphatic rings. The summed E-state index contributed by atoms with van der Waals surface area (Å²) in [5.41, 5.74) is 5.71. The number of nitrogens with one attached hydrogen (secondary N) is 1. The van der Waals surface area contributed by atoms with Crippen LogP contribution >= 0.6 is 0 Å². The van der Waals surface area contributed by atoms with Crippen LogP contribution in [0.15, 0.2) is 29.8 Å². The number of fused-ring (bicyclic) bond motifs is 5. The van der Waals surface area contributed by atoms with Gasteiger partial charge in [0.2, 0.25) is 0 Å². The summed E-state index contributed by atoms with van der Waals surface area (Å²) in [6, 6.07) is 6.88. The van der Waals surface area contributed by atoms with E-state index in [9.17, 15) is 0 Å². The molecule has 0 spiro atoms. The first-order valence-electron chi connectivity index (χ1n) is 9.72. The second kappa shape index (κ2) is 6.53. The quantitative estimate of drug-likeness (QED) is 0.790. The van der Waals surface area contributed by atoms with Gasteiger partial charge >= 0.3 is 0 Å². The van der Waals surface area contributed by atoms with Crippen LogP contribution in [0, 0.1) is 11.8 Å². The van der Waals surface area contributed by atoms with Gasteiger partial charge in [-0.3, -0.25) is 4.90 Å². The number of benzene rings is 1. The molecular weight excluding hydrogens is 308 g/mol. The Kier molecular flexibility index (Phi) is 4.36. The highest BCUT2D eigenvalue weighted by molar-refractivity contribution is 5.91. The first-order chi connectivity index (χ1) is 12.2. The number of aromatic amines is 1. The molecule has 4 rings (SSSR count). The Hall–Kier alpha value is -1.74. The summed E-state index contributed by atoms with van der Waals surface area (Å²) >= 11 is 0. The van der Waals surface area contributed by atoms with Gasteiger partial charge in [-0.1, -0.05) is 31.1 Å². The maximum absolute atomic E-state index is 5.66. The Labute approximate surface area is 151 Å². The maximum atomic E-state index is 5.66. The van der Waals surface area contributed by atoms with Crippen molar-refractivity contribution < 1.29 is 4.74 Å². The lowest BCUT2D eigenvalue weighted by atomic mass is 9.74. The predicted molar refractivity (Wildman–Crippen MR) is 104 cm³/mol. The minimum absolute atomic E-state index is 0.517. The lowest BCUT2D eigenvalue weighted by Gasteiger charge is -2.46. The molecule has 134 valence electrons. The van der Waals surface area contributed by atoms with Crippen LogP contribution in [0.5, 0.6) is 5.75 Å². The molecule has 0 saturated carbocycles. The second-order valence-corrected chi connectivity index (χ2v) is 7.70. The zero-order chi connectivity index (χ0) is 17.6. The molecule has 0 unspecified atom stereocenters. The first-order valence-corrected chi connectivity index (χ1v) is 9.72. The van der Waals surface area contributed by atoms with Crippen LogP contribution in [0.3, 0.4) is 0 Å². The van der Waals surface area contributed by atoms with E-state index in [2.05, 4.69) is 54.9 Å². The van der Waals surface area contributed by atoms with Crippen LogP contribution in [0.25, 0.3) is 10.9 Å². The molecule has 1 saturated heterocycles. The zero-order valence-electron chi connectivity index (χ0n) is 15.9. The fraction of sp³-hybridized carbons (Fsp3) is 0.545. The predicted octanol–water partition coefficient (Wildman–Crippen LogP) is 5.09. The van der Waals surface area contributed by atoms with Crippen LogP contribution < -0.4 is 4.74 Å². The van der Waals surface area contributed by atoms with E-state index in [1.165, 1.54) is 48.1 Å². The van der Waals surface area contributed by atoms with Gasteiger partial charge in [-0.15, -0.1) is 0 Å². The van der Waals surface area contributed by atoms with Gasteiger partial charge in [0.25, 0.3) is 0 Å². The van der Waals surface area contributed by atoms with Crippen molar-refractivity contribution in [2.45, 2.75) is 46.1 Å². The number of aromatic nitrogens is 1. The number of allylic oxidation sites excluding steroid dienone is 2. The van der Waals surface area contributed by atoms with E-state index < -0.39 is 0 Å². The molecule has 3 atom stereocenters. The molecule has 1 aromatic heterocycles. The van der Waals surface area contributed by atoms with Crippen molar-refractivity contribution in [3.63, 3.8) is 0 Å². The molecule has 1 fully saturated rings. The van der Waals surface area contributed by atoms with Gasteiger partial charge in [0.15, 0.2) is 0 Å². The molecule has 0 bridgehead atoms. The number of ether oxygens (including phenoxy) is 1. The minimum atomic E-state index is 0.517. The Morgan fingerprint density at radius 3 is 2.96 bits per heavy atom. The van der Waals surface area contributed by atoms with Crippen LogP contribution in [-0.2, 0) is 6.42 Å². The molecule has 0 aliphatic carbocycles. The standard InChI is InChI=1S/C22H30N2O/c1-5-14(3)17-12-19-22-16(10-11-24(19)13-15(17)6-2)21-18(23-22)8-7-9-20(21)25-4/h5,7-9,15,17,19,23H,6,10-13H2,1-4H3/b14-5-/t15-,17-,19+/m1/s1. The smallest absolute Gasteiger partial charge is 0.128 e. The van der Waals surface area contributed by atoms with Gasteiger partial charge in [-0.2, -0.15) is 0 Å². The van der Waals surface area contributed by atoms with E-state index in [4.69, 9.17) is 4.74 Å². The van der Waals surface area contributed by atoms with Crippen molar-refractivity contribution in [1.82, 2.24) is 9.88 Å². The third-order valence-electron chi connectivity index (χ3n) is 6.65. The normalized spacial score (nSPS) is 27.2. The highest BCUT2D eigenvalue weighted by Crippen LogP contribution is 2.46. The largest absolute Gasteiger partial charge is 0.496 e. The lowest BCUT2D eigenvalue weighted by molar-refractivity contribution is 0.0637. The number of H-pyrrole nitrogens is 1. The van der Waals surface area contributed by atoms with Crippen molar-refractivity contribution in [2.75, 3.05) is 20.2 Å². The highest BCUT2D eigenvalue weighted by Gasteiger charge is 2.40. The number of rotatable bonds is 3. The Morgan fingerprint density at radius 1 is 1.40 bits per heavy atom. The van der Waals surface area contributed by atoms with Gasteiger partial charge in [-0.25, -0.2) is 0 Å². The second-order valence-electron chi connectivity index (χ2n) is 7.70. The average Bonchev–Trinajstić information content (AvgIpc) is 3.05. The Bertz CT molecular complexity index is 804. The van der Waals surface area contributed by atoms with Crippen LogP contribution in [0.1, 0.15) is 50.9 Å². The third-order valence-corrected chi connectivity index (χ3v) is 6.65. The monoisotopic (exact) mass is 338 g/mol. The van der Waals surface area contributed by atoms with Gasteiger partial charge in [-0.05, 0) is 56.2 Å². The fourth-order valence-electron chi connectivity index (χ4n) is 5.14. The van der Waals surface area contributed by atoms with Crippen molar-refractivity contribution in [1.29, 1.82) is 0 Å². The SMILES string of the molecule is C/C=C(/C)[C@H]1C[C@H]2c3[nH]c4cccc(OC)c4c3CCN2C[C@H]1CC. The number of hydrogen-bond donors (Lipinski definition) is 1. The highest BCUT2D eigenvalue weighted by atomic mass is 16.5. The van der Waals surface area contributed by atoms with Crippen LogP contribution in [-0.4, -0.2) is 30.1 Å². The summed E-state index contributed by atoms with van der Waals surface area (Å²) in [6.45, 7) is 9.25. The Balaban J connectivity index is 1.78. The van der Waals surface area contributed by atoms with Crippen molar-refractivity contribution in [3.05, 3.63) is 41.1 Å². The summed E-state index contributed by atoms with van der Waals surface area (Å²) in [6.07, 6.45) is 5.94. The lowest BCUT2D eigenvalue weighted by Crippen LogP contribution is -2.46. The molecule has 3 heterocycles. The van der Waals surface area contributed by atoms with Crippen molar-refractivity contribution in [3.8, 4) is 5.75 Å². The average molecular weight is 338 g/mol. The number of nitrogens with zero attached hydrogens (tertiary/aromatic N) is 1. The van der Waals surface area contributed by atoms with E-state index >= 15 is 0 Å². The zero-order valence-corrected chi connectivity index (χ0v) is 15.9. The van der Waals surface area contributed by atoms with Crippen molar-refractivity contribution >= 4 is 10.9 Å². The molecule has 0 radical (unpaired) electrons. The third kappa shape index (κ3) is 2.60. The van der Waals surface area contributed by atoms with E-state index in [1.807, 2.05) is 0 Å².